The number of hydrogen-bond acceptors (Lipinski definition) is 6. The summed E-state index contributed by atoms with van der Waals surface area (Å²) in [5.74, 6) is 0.611. The van der Waals surface area contributed by atoms with Crippen LogP contribution < -0.4 is 10.1 Å². The highest BCUT2D eigenvalue weighted by molar-refractivity contribution is 5.95. The van der Waals surface area contributed by atoms with Crippen molar-refractivity contribution in [1.29, 1.82) is 0 Å². The lowest BCUT2D eigenvalue weighted by Crippen LogP contribution is -2.51. The summed E-state index contributed by atoms with van der Waals surface area (Å²) in [5, 5.41) is 3.16. The molecule has 8 nitrogen and oxygen atoms in total. The van der Waals surface area contributed by atoms with Gasteiger partial charge in [-0.3, -0.25) is 4.79 Å². The Labute approximate surface area is 226 Å². The first-order chi connectivity index (χ1) is 18.1. The van der Waals surface area contributed by atoms with E-state index in [1.54, 1.807) is 24.1 Å². The average molecular weight is 527 g/mol. The first kappa shape index (κ1) is 29.5. The molecule has 1 heterocycles. The van der Waals surface area contributed by atoms with E-state index in [1.165, 1.54) is 0 Å². The van der Waals surface area contributed by atoms with E-state index in [4.69, 9.17) is 18.9 Å². The monoisotopic (exact) mass is 526 g/mol. The second-order valence-corrected chi connectivity index (χ2v) is 10.9. The highest BCUT2D eigenvalue weighted by Crippen LogP contribution is 2.28. The number of likely N-dealkylation sites (tertiary alicyclic amines) is 1. The Hall–Kier alpha value is -3.10. The van der Waals surface area contributed by atoms with Crippen molar-refractivity contribution in [3.63, 3.8) is 0 Å². The first-order valence-corrected chi connectivity index (χ1v) is 13.3. The molecule has 0 spiro atoms. The van der Waals surface area contributed by atoms with E-state index in [0.29, 0.717) is 37.4 Å². The summed E-state index contributed by atoms with van der Waals surface area (Å²) >= 11 is 0. The third-order valence-electron chi connectivity index (χ3n) is 6.28. The molecule has 2 atom stereocenters. The van der Waals surface area contributed by atoms with Crippen LogP contribution in [0.25, 0.3) is 0 Å². The minimum absolute atomic E-state index is 0.133. The summed E-state index contributed by atoms with van der Waals surface area (Å²) in [7, 11) is 1.57. The largest absolute Gasteiger partial charge is 0.467 e. The number of nitrogens with one attached hydrogen (secondary N) is 1. The van der Waals surface area contributed by atoms with Crippen LogP contribution in [0, 0.1) is 0 Å². The van der Waals surface area contributed by atoms with Crippen molar-refractivity contribution in [3.05, 3.63) is 65.2 Å². The van der Waals surface area contributed by atoms with Crippen LogP contribution in [0.4, 0.5) is 4.79 Å². The molecular weight excluding hydrogens is 484 g/mol. The summed E-state index contributed by atoms with van der Waals surface area (Å²) in [6, 6.07) is 14.9. The Morgan fingerprint density at radius 1 is 1.11 bits per heavy atom. The van der Waals surface area contributed by atoms with Gasteiger partial charge in [0, 0.05) is 25.8 Å². The second kappa shape index (κ2) is 13.6. The Balaban J connectivity index is 1.81. The SMILES string of the molecule is COCOc1ccc(C(=O)N[C@@H]2CN(C(=O)OC(C)(C)C)CCC[C@H]2OCc2ccccc2)cc1C(C)C. The van der Waals surface area contributed by atoms with Crippen molar-refractivity contribution >= 4 is 12.0 Å². The van der Waals surface area contributed by atoms with Gasteiger partial charge in [-0.05, 0) is 68.9 Å². The predicted molar refractivity (Wildman–Crippen MR) is 146 cm³/mol. The van der Waals surface area contributed by atoms with Crippen LogP contribution in [0.1, 0.15) is 74.9 Å². The lowest BCUT2D eigenvalue weighted by atomic mass is 9.99. The van der Waals surface area contributed by atoms with Crippen molar-refractivity contribution in [2.75, 3.05) is 27.0 Å². The molecule has 0 aromatic heterocycles. The van der Waals surface area contributed by atoms with Crippen LogP contribution in [0.3, 0.4) is 0 Å². The van der Waals surface area contributed by atoms with Crippen LogP contribution >= 0.6 is 0 Å². The number of methoxy groups -OCH3 is 1. The lowest BCUT2D eigenvalue weighted by molar-refractivity contribution is 0.00420. The summed E-state index contributed by atoms with van der Waals surface area (Å²) in [5.41, 5.74) is 1.89. The quantitative estimate of drug-likeness (QED) is 0.434. The summed E-state index contributed by atoms with van der Waals surface area (Å²) in [4.78, 5) is 28.1. The van der Waals surface area contributed by atoms with E-state index >= 15 is 0 Å². The van der Waals surface area contributed by atoms with Crippen molar-refractivity contribution in [3.8, 4) is 5.75 Å². The number of rotatable bonds is 9. The highest BCUT2D eigenvalue weighted by atomic mass is 16.7. The van der Waals surface area contributed by atoms with E-state index in [2.05, 4.69) is 5.32 Å². The summed E-state index contributed by atoms with van der Waals surface area (Å²) < 4.78 is 22.7. The Bertz CT molecular complexity index is 1050. The second-order valence-electron chi connectivity index (χ2n) is 10.9. The number of carbonyl (C=O) groups excluding carboxylic acids is 2. The fourth-order valence-electron chi connectivity index (χ4n) is 4.39. The molecule has 2 amide bonds. The molecule has 0 unspecified atom stereocenters. The molecule has 0 radical (unpaired) electrons. The van der Waals surface area contributed by atoms with Gasteiger partial charge in [-0.25, -0.2) is 4.79 Å². The molecule has 2 aromatic carbocycles. The minimum atomic E-state index is -0.606. The lowest BCUT2D eigenvalue weighted by Gasteiger charge is -2.31. The Kier molecular flexibility index (Phi) is 10.6. The highest BCUT2D eigenvalue weighted by Gasteiger charge is 2.33. The summed E-state index contributed by atoms with van der Waals surface area (Å²) in [6.45, 7) is 11.0. The van der Waals surface area contributed by atoms with Crippen molar-refractivity contribution in [2.45, 2.75) is 77.7 Å². The van der Waals surface area contributed by atoms with E-state index < -0.39 is 11.6 Å². The van der Waals surface area contributed by atoms with Crippen LogP contribution in [0.2, 0.25) is 0 Å². The maximum Gasteiger partial charge on any atom is 0.410 e. The molecule has 1 aliphatic rings. The van der Waals surface area contributed by atoms with Crippen LogP contribution in [0.15, 0.2) is 48.5 Å². The fraction of sp³-hybridized carbons (Fsp3) is 0.533. The van der Waals surface area contributed by atoms with Gasteiger partial charge >= 0.3 is 6.09 Å². The zero-order valence-electron chi connectivity index (χ0n) is 23.5. The van der Waals surface area contributed by atoms with Gasteiger partial charge < -0.3 is 29.2 Å². The topological polar surface area (TPSA) is 86.3 Å². The van der Waals surface area contributed by atoms with Gasteiger partial charge in [0.15, 0.2) is 6.79 Å². The predicted octanol–water partition coefficient (Wildman–Crippen LogP) is 5.51. The van der Waals surface area contributed by atoms with E-state index in [9.17, 15) is 9.59 Å². The molecule has 1 fully saturated rings. The number of hydrogen-bond donors (Lipinski definition) is 1. The van der Waals surface area contributed by atoms with Gasteiger partial charge in [0.1, 0.15) is 11.4 Å². The third-order valence-corrected chi connectivity index (χ3v) is 6.28. The van der Waals surface area contributed by atoms with Gasteiger partial charge in [-0.2, -0.15) is 0 Å². The molecule has 3 rings (SSSR count). The molecule has 0 aliphatic carbocycles. The van der Waals surface area contributed by atoms with Crippen LogP contribution in [0.5, 0.6) is 5.75 Å². The molecule has 0 bridgehead atoms. The molecule has 208 valence electrons. The molecule has 1 aliphatic heterocycles. The van der Waals surface area contributed by atoms with Gasteiger partial charge in [-0.15, -0.1) is 0 Å². The molecule has 8 heteroatoms. The smallest absolute Gasteiger partial charge is 0.410 e. The number of carbonyl (C=O) groups is 2. The zero-order chi connectivity index (χ0) is 27.7. The Morgan fingerprint density at radius 2 is 1.84 bits per heavy atom. The van der Waals surface area contributed by atoms with E-state index in [-0.39, 0.29) is 30.8 Å². The van der Waals surface area contributed by atoms with Gasteiger partial charge in [0.2, 0.25) is 0 Å². The normalized spacial score (nSPS) is 18.1. The van der Waals surface area contributed by atoms with E-state index in [0.717, 1.165) is 17.5 Å². The number of amides is 2. The molecule has 0 saturated carbocycles. The standard InChI is InChI=1S/C30H42N2O6/c1-21(2)24-17-23(14-15-26(24)37-20-35-6)28(33)31-25-18-32(29(34)38-30(3,4)5)16-10-13-27(25)36-19-22-11-8-7-9-12-22/h7-9,11-12,14-15,17,21,25,27H,10,13,16,18-20H2,1-6H3,(H,31,33)/t25-,27-/m1/s1. The van der Waals surface area contributed by atoms with Crippen LogP contribution in [-0.4, -0.2) is 61.6 Å². The van der Waals surface area contributed by atoms with Gasteiger partial charge in [-0.1, -0.05) is 44.2 Å². The van der Waals surface area contributed by atoms with Gasteiger partial charge in [0.25, 0.3) is 5.91 Å². The van der Waals surface area contributed by atoms with Crippen molar-refractivity contribution in [2.24, 2.45) is 0 Å². The third kappa shape index (κ3) is 8.74. The number of nitrogens with zero attached hydrogens (tertiary/aromatic N) is 1. The van der Waals surface area contributed by atoms with Crippen LogP contribution in [-0.2, 0) is 20.8 Å². The minimum Gasteiger partial charge on any atom is -0.467 e. The zero-order valence-corrected chi connectivity index (χ0v) is 23.5. The molecule has 38 heavy (non-hydrogen) atoms. The van der Waals surface area contributed by atoms with Crippen molar-refractivity contribution in [1.82, 2.24) is 10.2 Å². The maximum absolute atomic E-state index is 13.5. The first-order valence-electron chi connectivity index (χ1n) is 13.3. The average Bonchev–Trinajstić information content (AvgIpc) is 3.07. The molecule has 1 N–H and O–H groups in total. The molecule has 1 saturated heterocycles. The fourth-order valence-corrected chi connectivity index (χ4v) is 4.39. The van der Waals surface area contributed by atoms with Gasteiger partial charge in [0.05, 0.1) is 18.8 Å². The molecular formula is C30H42N2O6. The molecule has 2 aromatic rings. The Morgan fingerprint density at radius 3 is 2.50 bits per heavy atom. The van der Waals surface area contributed by atoms with Crippen molar-refractivity contribution < 1.29 is 28.5 Å². The number of benzene rings is 2. The van der Waals surface area contributed by atoms with E-state index in [1.807, 2.05) is 71.0 Å². The maximum atomic E-state index is 13.5. The number of ether oxygens (including phenoxy) is 4. The summed E-state index contributed by atoms with van der Waals surface area (Å²) in [6.07, 6.45) is 0.800.